The number of carbonyl (C=O) groups is 1. The lowest BCUT2D eigenvalue weighted by Gasteiger charge is -2.37. The summed E-state index contributed by atoms with van der Waals surface area (Å²) in [5.74, 6) is 0.767. The second-order valence-electron chi connectivity index (χ2n) is 5.25. The van der Waals surface area contributed by atoms with E-state index < -0.39 is 0 Å². The average Bonchev–Trinajstić information content (AvgIpc) is 2.86. The molecule has 4 heteroatoms. The second-order valence-corrected chi connectivity index (χ2v) is 5.66. The number of pyridine rings is 1. The van der Waals surface area contributed by atoms with Crippen molar-refractivity contribution >= 4 is 17.5 Å². The molecule has 0 aromatic carbocycles. The fraction of sp³-hybridized carbons (Fsp3) is 0.571. The molecule has 96 valence electrons. The van der Waals surface area contributed by atoms with Crippen LogP contribution >= 0.6 is 11.6 Å². The highest BCUT2D eigenvalue weighted by Crippen LogP contribution is 2.37. The van der Waals surface area contributed by atoms with Crippen LogP contribution in [0.25, 0.3) is 0 Å². The highest BCUT2D eigenvalue weighted by molar-refractivity contribution is 6.33. The van der Waals surface area contributed by atoms with Crippen molar-refractivity contribution in [2.75, 3.05) is 6.54 Å². The maximum Gasteiger partial charge on any atom is 0.257 e. The number of rotatable bonds is 1. The number of nitrogens with zero attached hydrogens (tertiary/aromatic N) is 2. The van der Waals surface area contributed by atoms with Gasteiger partial charge in [0.2, 0.25) is 0 Å². The molecule has 0 radical (unpaired) electrons. The summed E-state index contributed by atoms with van der Waals surface area (Å²) in [6.07, 6.45) is 9.26. The number of carbonyl (C=O) groups excluding carboxylic acids is 1. The molecule has 2 aliphatic rings. The fourth-order valence-corrected chi connectivity index (χ4v) is 3.58. The Morgan fingerprint density at radius 1 is 1.33 bits per heavy atom. The lowest BCUT2D eigenvalue weighted by atomic mass is 9.91. The van der Waals surface area contributed by atoms with Gasteiger partial charge >= 0.3 is 0 Å². The lowest BCUT2D eigenvalue weighted by molar-refractivity contribution is 0.0548. The van der Waals surface area contributed by atoms with Crippen LogP contribution in [-0.4, -0.2) is 28.4 Å². The first kappa shape index (κ1) is 12.0. The van der Waals surface area contributed by atoms with Crippen LogP contribution < -0.4 is 0 Å². The maximum atomic E-state index is 12.6. The molecule has 1 aliphatic heterocycles. The Balaban J connectivity index is 1.86. The van der Waals surface area contributed by atoms with E-state index in [0.717, 1.165) is 19.4 Å². The number of halogens is 1. The summed E-state index contributed by atoms with van der Waals surface area (Å²) in [6.45, 7) is 0.866. The molecule has 1 aliphatic carbocycles. The lowest BCUT2D eigenvalue weighted by Crippen LogP contribution is -2.46. The van der Waals surface area contributed by atoms with Crippen molar-refractivity contribution in [3.05, 3.63) is 29.0 Å². The topological polar surface area (TPSA) is 33.2 Å². The summed E-state index contributed by atoms with van der Waals surface area (Å²) in [6, 6.07) is 2.12. The summed E-state index contributed by atoms with van der Waals surface area (Å²) in [7, 11) is 0. The molecule has 3 rings (SSSR count). The number of amides is 1. The first-order valence-electron chi connectivity index (χ1n) is 6.68. The predicted molar refractivity (Wildman–Crippen MR) is 70.6 cm³/mol. The van der Waals surface area contributed by atoms with Gasteiger partial charge in [-0.15, -0.1) is 0 Å². The number of hydrogen-bond donors (Lipinski definition) is 0. The van der Waals surface area contributed by atoms with E-state index in [-0.39, 0.29) is 5.91 Å². The summed E-state index contributed by atoms with van der Waals surface area (Å²) >= 11 is 6.09. The molecule has 2 atom stereocenters. The molecule has 2 fully saturated rings. The Labute approximate surface area is 112 Å². The SMILES string of the molecule is O=C(c1cnccc1Cl)N1CCCC2CCCC21. The third-order valence-electron chi connectivity index (χ3n) is 4.25. The Bertz CT molecular complexity index is 463. The van der Waals surface area contributed by atoms with Crippen LogP contribution in [0.4, 0.5) is 0 Å². The van der Waals surface area contributed by atoms with Crippen molar-refractivity contribution in [3.8, 4) is 0 Å². The molecule has 18 heavy (non-hydrogen) atoms. The van der Waals surface area contributed by atoms with E-state index in [1.807, 2.05) is 4.90 Å². The summed E-state index contributed by atoms with van der Waals surface area (Å²) in [4.78, 5) is 18.6. The predicted octanol–water partition coefficient (Wildman–Crippen LogP) is 3.14. The summed E-state index contributed by atoms with van der Waals surface area (Å²) < 4.78 is 0. The van der Waals surface area contributed by atoms with E-state index >= 15 is 0 Å². The molecule has 2 unspecified atom stereocenters. The van der Waals surface area contributed by atoms with Crippen LogP contribution in [0, 0.1) is 5.92 Å². The van der Waals surface area contributed by atoms with Crippen molar-refractivity contribution in [1.29, 1.82) is 0 Å². The van der Waals surface area contributed by atoms with E-state index in [4.69, 9.17) is 11.6 Å². The van der Waals surface area contributed by atoms with Gasteiger partial charge in [0.1, 0.15) is 0 Å². The molecule has 0 bridgehead atoms. The molecule has 1 aromatic rings. The Morgan fingerprint density at radius 3 is 3.00 bits per heavy atom. The molecule has 1 amide bonds. The number of piperidine rings is 1. The summed E-state index contributed by atoms with van der Waals surface area (Å²) in [5, 5.41) is 0.509. The van der Waals surface area contributed by atoms with Gasteiger partial charge in [-0.25, -0.2) is 0 Å². The number of fused-ring (bicyclic) bond motifs is 1. The highest BCUT2D eigenvalue weighted by atomic mass is 35.5. The van der Waals surface area contributed by atoms with Crippen LogP contribution in [0.1, 0.15) is 42.5 Å². The largest absolute Gasteiger partial charge is 0.335 e. The molecular weight excluding hydrogens is 248 g/mol. The Morgan fingerprint density at radius 2 is 2.17 bits per heavy atom. The van der Waals surface area contributed by atoms with E-state index in [1.54, 1.807) is 18.5 Å². The first-order valence-corrected chi connectivity index (χ1v) is 7.05. The highest BCUT2D eigenvalue weighted by Gasteiger charge is 2.37. The molecule has 1 saturated heterocycles. The smallest absolute Gasteiger partial charge is 0.257 e. The van der Waals surface area contributed by atoms with Crippen LogP contribution in [0.3, 0.4) is 0 Å². The zero-order chi connectivity index (χ0) is 12.5. The Hall–Kier alpha value is -1.09. The minimum atomic E-state index is 0.0599. The van der Waals surface area contributed by atoms with Gasteiger partial charge in [-0.3, -0.25) is 9.78 Å². The van der Waals surface area contributed by atoms with Crippen molar-refractivity contribution in [2.24, 2.45) is 5.92 Å². The van der Waals surface area contributed by atoms with Gasteiger partial charge in [-0.05, 0) is 37.7 Å². The third-order valence-corrected chi connectivity index (χ3v) is 4.58. The van der Waals surface area contributed by atoms with Gasteiger partial charge in [0.25, 0.3) is 5.91 Å². The normalized spacial score (nSPS) is 27.1. The van der Waals surface area contributed by atoms with Crippen LogP contribution in [-0.2, 0) is 0 Å². The van der Waals surface area contributed by atoms with Crippen molar-refractivity contribution in [3.63, 3.8) is 0 Å². The molecule has 1 aromatic heterocycles. The van der Waals surface area contributed by atoms with E-state index in [9.17, 15) is 4.79 Å². The first-order chi connectivity index (χ1) is 8.77. The van der Waals surface area contributed by atoms with Crippen molar-refractivity contribution < 1.29 is 4.79 Å². The minimum absolute atomic E-state index is 0.0599. The van der Waals surface area contributed by atoms with Crippen molar-refractivity contribution in [1.82, 2.24) is 9.88 Å². The number of hydrogen-bond acceptors (Lipinski definition) is 2. The maximum absolute atomic E-state index is 12.6. The van der Waals surface area contributed by atoms with Crippen LogP contribution in [0.15, 0.2) is 18.5 Å². The van der Waals surface area contributed by atoms with E-state index in [0.29, 0.717) is 22.5 Å². The van der Waals surface area contributed by atoms with Crippen LogP contribution in [0.2, 0.25) is 5.02 Å². The van der Waals surface area contributed by atoms with E-state index in [2.05, 4.69) is 4.98 Å². The molecule has 0 N–H and O–H groups in total. The van der Waals surface area contributed by atoms with Gasteiger partial charge in [0.15, 0.2) is 0 Å². The van der Waals surface area contributed by atoms with Gasteiger partial charge in [-0.1, -0.05) is 18.0 Å². The third kappa shape index (κ3) is 2.01. The van der Waals surface area contributed by atoms with Gasteiger partial charge < -0.3 is 4.90 Å². The monoisotopic (exact) mass is 264 g/mol. The van der Waals surface area contributed by atoms with Gasteiger partial charge in [0.05, 0.1) is 10.6 Å². The van der Waals surface area contributed by atoms with Gasteiger partial charge in [-0.2, -0.15) is 0 Å². The van der Waals surface area contributed by atoms with E-state index in [1.165, 1.54) is 19.3 Å². The Kier molecular flexibility index (Phi) is 3.25. The van der Waals surface area contributed by atoms with Crippen LogP contribution in [0.5, 0.6) is 0 Å². The molecular formula is C14H17ClN2O. The average molecular weight is 265 g/mol. The second kappa shape index (κ2) is 4.88. The fourth-order valence-electron chi connectivity index (χ4n) is 3.40. The standard InChI is InChI=1S/C14H17ClN2O/c15-12-6-7-16-9-11(12)14(18)17-8-2-4-10-3-1-5-13(10)17/h6-7,9-10,13H,1-5,8H2. The zero-order valence-corrected chi connectivity index (χ0v) is 11.1. The molecule has 0 spiro atoms. The van der Waals surface area contributed by atoms with Crippen molar-refractivity contribution in [2.45, 2.75) is 38.1 Å². The minimum Gasteiger partial charge on any atom is -0.335 e. The molecule has 2 heterocycles. The quantitative estimate of drug-likeness (QED) is 0.781. The number of aromatic nitrogens is 1. The summed E-state index contributed by atoms with van der Waals surface area (Å²) in [5.41, 5.74) is 0.548. The van der Waals surface area contributed by atoms with Gasteiger partial charge in [0, 0.05) is 25.0 Å². The molecule has 1 saturated carbocycles. The zero-order valence-electron chi connectivity index (χ0n) is 10.3. The molecule has 3 nitrogen and oxygen atoms in total. The number of likely N-dealkylation sites (tertiary alicyclic amines) is 1.